The van der Waals surface area contributed by atoms with E-state index in [0.717, 1.165) is 11.4 Å². The van der Waals surface area contributed by atoms with Gasteiger partial charge >= 0.3 is 0 Å². The molecule has 0 spiro atoms. The van der Waals surface area contributed by atoms with Crippen molar-refractivity contribution >= 4 is 29.0 Å². The molecule has 1 unspecified atom stereocenters. The molecule has 1 aliphatic rings. The molecule has 0 aliphatic carbocycles. The average Bonchev–Trinajstić information content (AvgIpc) is 2.92. The van der Waals surface area contributed by atoms with Crippen LogP contribution in [0.3, 0.4) is 0 Å². The highest BCUT2D eigenvalue weighted by atomic mass is 35.5. The highest BCUT2D eigenvalue weighted by molar-refractivity contribution is 6.19. The minimum Gasteiger partial charge on any atom is -0.462 e. The maximum Gasteiger partial charge on any atom is 0.297 e. The summed E-state index contributed by atoms with van der Waals surface area (Å²) in [6, 6.07) is 20.6. The van der Waals surface area contributed by atoms with Gasteiger partial charge in [-0.25, -0.2) is 0 Å². The number of halogens is 1. The second-order valence-corrected chi connectivity index (χ2v) is 4.86. The van der Waals surface area contributed by atoms with Crippen molar-refractivity contribution in [2.45, 2.75) is 6.04 Å². The molecule has 0 radical (unpaired) electrons. The Morgan fingerprint density at radius 2 is 1.70 bits per heavy atom. The zero-order valence-electron chi connectivity index (χ0n) is 10.9. The molecule has 0 amide bonds. The lowest BCUT2D eigenvalue weighted by Crippen LogP contribution is -2.35. The summed E-state index contributed by atoms with van der Waals surface area (Å²) in [4.78, 5) is 6.63. The van der Waals surface area contributed by atoms with Crippen LogP contribution in [0, 0.1) is 0 Å². The highest BCUT2D eigenvalue weighted by Gasteiger charge is 2.31. The summed E-state index contributed by atoms with van der Waals surface area (Å²) in [5.41, 5.74) is 1.92. The molecule has 1 saturated heterocycles. The number of anilines is 1. The number of hydrogen-bond donors (Lipinski definition) is 0. The van der Waals surface area contributed by atoms with Crippen molar-refractivity contribution in [3.63, 3.8) is 0 Å². The van der Waals surface area contributed by atoms with Gasteiger partial charge in [0.1, 0.15) is 6.61 Å². The van der Waals surface area contributed by atoms with Crippen LogP contribution in [0.2, 0.25) is 0 Å². The minimum atomic E-state index is 0.113. The molecule has 2 aromatic carbocycles. The molecular formula is C16H15ClN2O. The summed E-state index contributed by atoms with van der Waals surface area (Å²) in [6.45, 7) is 0.560. The lowest BCUT2D eigenvalue weighted by atomic mass is 10.2. The lowest BCUT2D eigenvalue weighted by Gasteiger charge is -2.21. The van der Waals surface area contributed by atoms with Crippen LogP contribution < -0.4 is 4.90 Å². The quantitative estimate of drug-likeness (QED) is 0.801. The number of hydrogen-bond acceptors (Lipinski definition) is 2. The molecule has 0 aromatic heterocycles. The van der Waals surface area contributed by atoms with Gasteiger partial charge < -0.3 is 4.74 Å². The lowest BCUT2D eigenvalue weighted by molar-refractivity contribution is 0.333. The van der Waals surface area contributed by atoms with Gasteiger partial charge in [-0.1, -0.05) is 36.4 Å². The summed E-state index contributed by atoms with van der Waals surface area (Å²) in [5.74, 6) is 0.503. The van der Waals surface area contributed by atoms with Gasteiger partial charge in [0.2, 0.25) is 0 Å². The Balaban J connectivity index is 1.96. The Morgan fingerprint density at radius 3 is 2.35 bits per heavy atom. The third-order valence-electron chi connectivity index (χ3n) is 3.17. The van der Waals surface area contributed by atoms with Crippen LogP contribution in [0.15, 0.2) is 65.7 Å². The van der Waals surface area contributed by atoms with Gasteiger partial charge in [0.05, 0.1) is 11.7 Å². The Kier molecular flexibility index (Phi) is 3.88. The largest absolute Gasteiger partial charge is 0.462 e. The van der Waals surface area contributed by atoms with Gasteiger partial charge in [0.15, 0.2) is 0 Å². The predicted molar refractivity (Wildman–Crippen MR) is 82.9 cm³/mol. The monoisotopic (exact) mass is 286 g/mol. The summed E-state index contributed by atoms with van der Waals surface area (Å²) < 4.78 is 5.72. The second kappa shape index (κ2) is 5.97. The molecule has 1 fully saturated rings. The Hall–Kier alpha value is -2.00. The molecule has 1 atom stereocenters. The van der Waals surface area contributed by atoms with Crippen LogP contribution in [0.1, 0.15) is 0 Å². The molecule has 102 valence electrons. The van der Waals surface area contributed by atoms with E-state index in [9.17, 15) is 0 Å². The van der Waals surface area contributed by atoms with Gasteiger partial charge in [-0.2, -0.15) is 4.99 Å². The van der Waals surface area contributed by atoms with E-state index >= 15 is 0 Å². The van der Waals surface area contributed by atoms with Gasteiger partial charge in [0, 0.05) is 11.6 Å². The standard InChI is InChI=1S/C16H15ClN2O/c17-11-15-12-20-16(18-13-7-3-1-4-8-13)19(15)14-9-5-2-6-10-14/h1-10,15H,11-12H2. The van der Waals surface area contributed by atoms with Crippen molar-refractivity contribution in [2.24, 2.45) is 4.99 Å². The fraction of sp³-hybridized carbons (Fsp3) is 0.188. The first-order valence-electron chi connectivity index (χ1n) is 6.55. The molecule has 0 bridgehead atoms. The van der Waals surface area contributed by atoms with Crippen LogP contribution in [-0.4, -0.2) is 24.6 Å². The van der Waals surface area contributed by atoms with E-state index in [4.69, 9.17) is 16.3 Å². The molecule has 20 heavy (non-hydrogen) atoms. The van der Waals surface area contributed by atoms with Crippen molar-refractivity contribution in [1.82, 2.24) is 0 Å². The third kappa shape index (κ3) is 2.63. The number of rotatable bonds is 3. The molecule has 4 heteroatoms. The topological polar surface area (TPSA) is 24.8 Å². The number of aliphatic imine (C=N–C) groups is 1. The van der Waals surface area contributed by atoms with Crippen LogP contribution in [0.5, 0.6) is 0 Å². The average molecular weight is 287 g/mol. The van der Waals surface area contributed by atoms with E-state index < -0.39 is 0 Å². The maximum absolute atomic E-state index is 6.04. The van der Waals surface area contributed by atoms with Gasteiger partial charge in [-0.3, -0.25) is 4.90 Å². The van der Waals surface area contributed by atoms with E-state index in [1.54, 1.807) is 0 Å². The SMILES string of the molecule is ClCC1COC(=Nc2ccccc2)N1c1ccccc1. The van der Waals surface area contributed by atoms with Crippen molar-refractivity contribution in [3.05, 3.63) is 60.7 Å². The smallest absolute Gasteiger partial charge is 0.297 e. The minimum absolute atomic E-state index is 0.113. The van der Waals surface area contributed by atoms with Gasteiger partial charge in [-0.15, -0.1) is 11.6 Å². The number of ether oxygens (including phenoxy) is 1. The van der Waals surface area contributed by atoms with Crippen LogP contribution in [0.25, 0.3) is 0 Å². The van der Waals surface area contributed by atoms with Crippen LogP contribution >= 0.6 is 11.6 Å². The summed E-state index contributed by atoms with van der Waals surface area (Å²) >= 11 is 6.04. The molecule has 2 aromatic rings. The first-order valence-corrected chi connectivity index (χ1v) is 7.09. The number of amidine groups is 1. The number of alkyl halides is 1. The van der Waals surface area contributed by atoms with Crippen molar-refractivity contribution in [3.8, 4) is 0 Å². The molecule has 3 rings (SSSR count). The molecule has 1 heterocycles. The highest BCUT2D eigenvalue weighted by Crippen LogP contribution is 2.25. The van der Waals surface area contributed by atoms with Crippen molar-refractivity contribution in [1.29, 1.82) is 0 Å². The molecular weight excluding hydrogens is 272 g/mol. The fourth-order valence-electron chi connectivity index (χ4n) is 2.19. The molecule has 0 N–H and O–H groups in total. The number of para-hydroxylation sites is 2. The Bertz CT molecular complexity index is 586. The van der Waals surface area contributed by atoms with Gasteiger partial charge in [0.25, 0.3) is 6.02 Å². The van der Waals surface area contributed by atoms with E-state index in [1.807, 2.05) is 60.7 Å². The van der Waals surface area contributed by atoms with Crippen LogP contribution in [0.4, 0.5) is 11.4 Å². The Labute approximate surface area is 123 Å². The molecule has 1 aliphatic heterocycles. The maximum atomic E-state index is 6.04. The van der Waals surface area contributed by atoms with Crippen LogP contribution in [-0.2, 0) is 4.74 Å². The first kappa shape index (κ1) is 13.0. The van der Waals surface area contributed by atoms with Gasteiger partial charge in [-0.05, 0) is 24.3 Å². The molecule has 3 nitrogen and oxygen atoms in total. The normalized spacial score (nSPS) is 20.1. The second-order valence-electron chi connectivity index (χ2n) is 4.55. The van der Waals surface area contributed by atoms with Crippen molar-refractivity contribution < 1.29 is 4.74 Å². The van der Waals surface area contributed by atoms with E-state index in [1.165, 1.54) is 0 Å². The zero-order valence-corrected chi connectivity index (χ0v) is 11.7. The van der Waals surface area contributed by atoms with E-state index in [-0.39, 0.29) is 6.04 Å². The summed E-state index contributed by atoms with van der Waals surface area (Å²) in [7, 11) is 0. The predicted octanol–water partition coefficient (Wildman–Crippen LogP) is 3.82. The molecule has 0 saturated carbocycles. The van der Waals surface area contributed by atoms with E-state index in [2.05, 4.69) is 9.89 Å². The summed E-state index contributed by atoms with van der Waals surface area (Å²) in [6.07, 6.45) is 0. The number of nitrogens with zero attached hydrogens (tertiary/aromatic N) is 2. The zero-order chi connectivity index (χ0) is 13.8. The first-order chi connectivity index (χ1) is 9.88. The summed E-state index contributed by atoms with van der Waals surface area (Å²) in [5, 5.41) is 0. The van der Waals surface area contributed by atoms with Crippen molar-refractivity contribution in [2.75, 3.05) is 17.4 Å². The third-order valence-corrected chi connectivity index (χ3v) is 3.53. The fourth-order valence-corrected chi connectivity index (χ4v) is 2.42. The van der Waals surface area contributed by atoms with E-state index in [0.29, 0.717) is 18.5 Å². The number of benzene rings is 2. The Morgan fingerprint density at radius 1 is 1.05 bits per heavy atom.